The Morgan fingerprint density at radius 3 is 2.50 bits per heavy atom. The predicted molar refractivity (Wildman–Crippen MR) is 47.0 cm³/mol. The molecule has 0 bridgehead atoms. The molecule has 0 aliphatic carbocycles. The van der Waals surface area contributed by atoms with Gasteiger partial charge < -0.3 is 14.5 Å². The summed E-state index contributed by atoms with van der Waals surface area (Å²) in [6.07, 6.45) is 0.533. The molecule has 1 heterocycles. The van der Waals surface area contributed by atoms with Crippen LogP contribution in [0.15, 0.2) is 0 Å². The zero-order valence-electron chi connectivity index (χ0n) is 7.53. The van der Waals surface area contributed by atoms with Crippen LogP contribution in [0.4, 0.5) is 0 Å². The van der Waals surface area contributed by atoms with Gasteiger partial charge >= 0.3 is 15.4 Å². The van der Waals surface area contributed by atoms with Crippen molar-refractivity contribution in [1.29, 1.82) is 0 Å². The van der Waals surface area contributed by atoms with Crippen molar-refractivity contribution in [3.8, 4) is 0 Å². The Hall–Kier alpha value is 0.260. The summed E-state index contributed by atoms with van der Waals surface area (Å²) in [6.45, 7) is 1.38. The Bertz CT molecular complexity index is 280. The first-order chi connectivity index (χ1) is 6.29. The van der Waals surface area contributed by atoms with Crippen molar-refractivity contribution in [2.45, 2.75) is 12.5 Å². The highest BCUT2D eigenvalue weighted by atomic mass is 31.3. The van der Waals surface area contributed by atoms with Gasteiger partial charge in [0.05, 0.1) is 19.3 Å². The monoisotopic (exact) mass is 246 g/mol. The van der Waals surface area contributed by atoms with Gasteiger partial charge in [0.1, 0.15) is 0 Å². The lowest BCUT2D eigenvalue weighted by Gasteiger charge is -2.12. The molecule has 1 saturated heterocycles. The molecule has 7 nitrogen and oxygen atoms in total. The molecule has 1 rings (SSSR count). The number of hydrogen-bond acceptors (Lipinski definition) is 5. The Balaban J connectivity index is 2.25. The maximum atomic E-state index is 11.0. The maximum Gasteiger partial charge on any atom is 0.479 e. The minimum atomic E-state index is -4.41. The van der Waals surface area contributed by atoms with Crippen LogP contribution in [-0.4, -0.2) is 35.8 Å². The van der Waals surface area contributed by atoms with Gasteiger partial charge in [-0.15, -0.1) is 0 Å². The van der Waals surface area contributed by atoms with Gasteiger partial charge in [-0.3, -0.25) is 9.09 Å². The van der Waals surface area contributed by atoms with Crippen LogP contribution in [0.1, 0.15) is 6.42 Å². The van der Waals surface area contributed by atoms with Crippen LogP contribution in [0.2, 0.25) is 0 Å². The van der Waals surface area contributed by atoms with Gasteiger partial charge in [0, 0.05) is 6.66 Å². The van der Waals surface area contributed by atoms with Gasteiger partial charge in [0.2, 0.25) is 0 Å². The quantitative estimate of drug-likeness (QED) is 0.525. The highest BCUT2D eigenvalue weighted by molar-refractivity contribution is 7.63. The first-order valence-corrected chi connectivity index (χ1v) is 7.41. The van der Waals surface area contributed by atoms with Crippen molar-refractivity contribution in [2.75, 3.05) is 19.9 Å². The third kappa shape index (κ3) is 5.88. The maximum absolute atomic E-state index is 11.0. The molecule has 0 aromatic heterocycles. The molecule has 1 aliphatic rings. The highest BCUT2D eigenvalue weighted by Crippen LogP contribution is 2.57. The normalized spacial score (nSPS) is 29.2. The number of epoxide rings is 1. The molecule has 0 aromatic rings. The standard InChI is InChI=1S/C5H12O7P2/c1-13(6,7)12-14(8,9)11-3-2-5-4-10-5/h5H,2-4H2,1H3,(H,6,7)(H,8,9). The van der Waals surface area contributed by atoms with Gasteiger partial charge in [-0.25, -0.2) is 8.88 Å². The molecule has 0 spiro atoms. The van der Waals surface area contributed by atoms with Crippen LogP contribution < -0.4 is 0 Å². The molecule has 0 radical (unpaired) electrons. The van der Waals surface area contributed by atoms with E-state index in [-0.39, 0.29) is 12.7 Å². The molecular formula is C5H12O7P2. The van der Waals surface area contributed by atoms with E-state index in [0.717, 1.165) is 6.66 Å². The average Bonchev–Trinajstić information content (AvgIpc) is 2.64. The van der Waals surface area contributed by atoms with Crippen molar-refractivity contribution in [1.82, 2.24) is 0 Å². The van der Waals surface area contributed by atoms with Crippen molar-refractivity contribution in [3.05, 3.63) is 0 Å². The number of hydrogen-bond donors (Lipinski definition) is 2. The number of phosphoric acid groups is 1. The Morgan fingerprint density at radius 1 is 1.50 bits per heavy atom. The average molecular weight is 246 g/mol. The fourth-order valence-electron chi connectivity index (χ4n) is 0.749. The molecular weight excluding hydrogens is 234 g/mol. The van der Waals surface area contributed by atoms with E-state index in [1.807, 2.05) is 0 Å². The lowest BCUT2D eigenvalue weighted by molar-refractivity contribution is 0.189. The Kier molecular flexibility index (Phi) is 3.88. The lowest BCUT2D eigenvalue weighted by atomic mass is 10.4. The number of phosphoric ester groups is 1. The van der Waals surface area contributed by atoms with Crippen molar-refractivity contribution in [2.24, 2.45) is 0 Å². The molecule has 3 atom stereocenters. The summed E-state index contributed by atoms with van der Waals surface area (Å²) in [4.78, 5) is 17.6. The van der Waals surface area contributed by atoms with E-state index in [4.69, 9.17) is 14.5 Å². The Morgan fingerprint density at radius 2 is 2.07 bits per heavy atom. The molecule has 9 heteroatoms. The van der Waals surface area contributed by atoms with Gasteiger partial charge in [0.15, 0.2) is 0 Å². The molecule has 84 valence electrons. The van der Waals surface area contributed by atoms with Crippen molar-refractivity contribution in [3.63, 3.8) is 0 Å². The zero-order valence-corrected chi connectivity index (χ0v) is 9.32. The van der Waals surface area contributed by atoms with E-state index < -0.39 is 15.4 Å². The fraction of sp³-hybridized carbons (Fsp3) is 1.00. The summed E-state index contributed by atoms with van der Waals surface area (Å²) in [5, 5.41) is 0. The van der Waals surface area contributed by atoms with Crippen molar-refractivity contribution < 1.29 is 32.5 Å². The second kappa shape index (κ2) is 4.41. The zero-order chi connectivity index (χ0) is 10.8. The molecule has 1 fully saturated rings. The lowest BCUT2D eigenvalue weighted by Crippen LogP contribution is -1.98. The van der Waals surface area contributed by atoms with E-state index in [1.54, 1.807) is 0 Å². The number of ether oxygens (including phenoxy) is 1. The van der Waals surface area contributed by atoms with Crippen molar-refractivity contribution >= 4 is 15.4 Å². The Labute approximate surface area is 81.1 Å². The van der Waals surface area contributed by atoms with Gasteiger partial charge in [0.25, 0.3) is 0 Å². The van der Waals surface area contributed by atoms with Crippen LogP contribution in [-0.2, 0) is 22.7 Å². The molecule has 1 aliphatic heterocycles. The van der Waals surface area contributed by atoms with Crippen LogP contribution in [0.5, 0.6) is 0 Å². The van der Waals surface area contributed by atoms with Gasteiger partial charge in [-0.05, 0) is 6.42 Å². The summed E-state index contributed by atoms with van der Waals surface area (Å²) < 4.78 is 34.9. The third-order valence-corrected chi connectivity index (χ3v) is 3.90. The number of rotatable bonds is 6. The highest BCUT2D eigenvalue weighted by Gasteiger charge is 2.31. The smallest absolute Gasteiger partial charge is 0.373 e. The molecule has 0 aromatic carbocycles. The summed E-state index contributed by atoms with van der Waals surface area (Å²) >= 11 is 0. The molecule has 0 saturated carbocycles. The van der Waals surface area contributed by atoms with Gasteiger partial charge in [-0.2, -0.15) is 0 Å². The molecule has 14 heavy (non-hydrogen) atoms. The topological polar surface area (TPSA) is 106 Å². The summed E-state index contributed by atoms with van der Waals surface area (Å²) in [5.41, 5.74) is 0. The fourth-order valence-corrected chi connectivity index (χ4v) is 2.81. The molecule has 2 N–H and O–H groups in total. The summed E-state index contributed by atoms with van der Waals surface area (Å²) in [6, 6.07) is 0. The van der Waals surface area contributed by atoms with Gasteiger partial charge in [-0.1, -0.05) is 0 Å². The predicted octanol–water partition coefficient (Wildman–Crippen LogP) is 0.724. The van der Waals surface area contributed by atoms with Crippen LogP contribution in [0.3, 0.4) is 0 Å². The SMILES string of the molecule is CP(=O)(O)OP(=O)(O)OCCC1CO1. The second-order valence-electron chi connectivity index (χ2n) is 2.93. The van der Waals surface area contributed by atoms with E-state index in [0.29, 0.717) is 13.0 Å². The van der Waals surface area contributed by atoms with E-state index >= 15 is 0 Å². The largest absolute Gasteiger partial charge is 0.479 e. The van der Waals surface area contributed by atoms with Crippen LogP contribution >= 0.6 is 15.4 Å². The van der Waals surface area contributed by atoms with E-state index in [2.05, 4.69) is 8.83 Å². The minimum Gasteiger partial charge on any atom is -0.373 e. The second-order valence-corrected chi connectivity index (χ2v) is 6.38. The molecule has 3 unspecified atom stereocenters. The van der Waals surface area contributed by atoms with E-state index in [9.17, 15) is 9.13 Å². The minimum absolute atomic E-state index is 0.0432. The third-order valence-electron chi connectivity index (χ3n) is 1.35. The first-order valence-electron chi connectivity index (χ1n) is 3.89. The first kappa shape index (κ1) is 12.3. The van der Waals surface area contributed by atoms with Crippen LogP contribution in [0.25, 0.3) is 0 Å². The summed E-state index contributed by atoms with van der Waals surface area (Å²) in [7, 11) is -8.42. The van der Waals surface area contributed by atoms with E-state index in [1.165, 1.54) is 0 Å². The molecule has 0 amide bonds. The van der Waals surface area contributed by atoms with Crippen LogP contribution in [0, 0.1) is 0 Å². The summed E-state index contributed by atoms with van der Waals surface area (Å²) in [5.74, 6) is 0.